The zero-order valence-corrected chi connectivity index (χ0v) is 19.6. The summed E-state index contributed by atoms with van der Waals surface area (Å²) in [6.07, 6.45) is 4.27. The minimum absolute atomic E-state index is 0.102. The Labute approximate surface area is 185 Å². The Balaban J connectivity index is 2.32. The Morgan fingerprint density at radius 1 is 1.16 bits per heavy atom. The molecule has 2 aliphatic rings. The van der Waals surface area contributed by atoms with Crippen LogP contribution in [0.15, 0.2) is 17.3 Å². The van der Waals surface area contributed by atoms with E-state index in [-0.39, 0.29) is 41.7 Å². The Morgan fingerprint density at radius 3 is 2.52 bits per heavy atom. The molecule has 8 heteroatoms. The van der Waals surface area contributed by atoms with E-state index in [2.05, 4.69) is 10.0 Å². The van der Waals surface area contributed by atoms with Crippen LogP contribution < -0.4 is 0 Å². The van der Waals surface area contributed by atoms with Gasteiger partial charge in [0, 0.05) is 17.3 Å². The summed E-state index contributed by atoms with van der Waals surface area (Å²) in [7, 11) is 0. The summed E-state index contributed by atoms with van der Waals surface area (Å²) in [5.41, 5.74) is 8.91. The fraction of sp³-hybridized carbons (Fsp3) is 0.826. The lowest BCUT2D eigenvalue weighted by Gasteiger charge is -2.37. The Kier molecular flexibility index (Phi) is 9.54. The van der Waals surface area contributed by atoms with Gasteiger partial charge in [-0.2, -0.15) is 0 Å². The molecule has 2 heterocycles. The van der Waals surface area contributed by atoms with Gasteiger partial charge in [-0.15, -0.1) is 0 Å². The van der Waals surface area contributed by atoms with Crippen molar-refractivity contribution in [3.63, 3.8) is 0 Å². The van der Waals surface area contributed by atoms with Gasteiger partial charge >= 0.3 is 5.97 Å². The third kappa shape index (κ3) is 6.79. The number of rotatable bonds is 4. The van der Waals surface area contributed by atoms with Crippen LogP contribution in [-0.4, -0.2) is 42.4 Å². The molecule has 0 aliphatic carbocycles. The van der Waals surface area contributed by atoms with Crippen LogP contribution in [0.25, 0.3) is 10.4 Å². The monoisotopic (exact) mass is 435 g/mol. The van der Waals surface area contributed by atoms with Crippen LogP contribution in [-0.2, 0) is 23.8 Å². The Hall–Kier alpha value is -1.89. The second-order valence-corrected chi connectivity index (χ2v) is 9.16. The van der Waals surface area contributed by atoms with Crippen molar-refractivity contribution in [3.8, 4) is 0 Å². The van der Waals surface area contributed by atoms with Crippen molar-refractivity contribution in [3.05, 3.63) is 22.6 Å². The number of nitrogens with zero attached hydrogens (tertiary/aromatic N) is 3. The summed E-state index contributed by atoms with van der Waals surface area (Å²) in [6, 6.07) is -0.625. The summed E-state index contributed by atoms with van der Waals surface area (Å²) < 4.78 is 18.0. The van der Waals surface area contributed by atoms with Crippen LogP contribution in [0.5, 0.6) is 0 Å². The molecule has 0 radical (unpaired) electrons. The number of ketones is 1. The third-order valence-electron chi connectivity index (χ3n) is 6.53. The molecule has 0 bridgehead atoms. The molecule has 1 saturated heterocycles. The molecule has 0 spiro atoms. The molecule has 0 saturated carbocycles. The van der Waals surface area contributed by atoms with E-state index in [1.807, 2.05) is 40.7 Å². The number of carbonyl (C=O) groups is 2. The lowest BCUT2D eigenvalue weighted by atomic mass is 9.83. The number of cyclic esters (lactones) is 1. The minimum Gasteiger partial charge on any atom is -0.462 e. The normalized spacial score (nSPS) is 40.3. The number of ether oxygens (including phenoxy) is 3. The fourth-order valence-corrected chi connectivity index (χ4v) is 4.48. The van der Waals surface area contributed by atoms with E-state index in [0.29, 0.717) is 25.7 Å². The average Bonchev–Trinajstić information content (AvgIpc) is 2.74. The highest BCUT2D eigenvalue weighted by Crippen LogP contribution is 2.31. The van der Waals surface area contributed by atoms with E-state index in [1.54, 1.807) is 13.0 Å². The summed E-state index contributed by atoms with van der Waals surface area (Å²) in [4.78, 5) is 28.6. The zero-order valence-electron chi connectivity index (χ0n) is 19.6. The molecule has 2 rings (SSSR count). The smallest absolute Gasteiger partial charge is 0.311 e. The first-order valence-electron chi connectivity index (χ1n) is 11.4. The van der Waals surface area contributed by atoms with Crippen LogP contribution in [0.3, 0.4) is 0 Å². The summed E-state index contributed by atoms with van der Waals surface area (Å²) in [6.45, 7) is 11.6. The maximum absolute atomic E-state index is 13.1. The first-order valence-corrected chi connectivity index (χ1v) is 11.4. The molecule has 174 valence electrons. The predicted molar refractivity (Wildman–Crippen MR) is 117 cm³/mol. The number of carbonyl (C=O) groups excluding carboxylic acids is 2. The standard InChI is InChI=1S/C23H37N3O5/c1-7-20-13(2)8-11-19(27)14(3)12-15(4)21(17(6)22(28)30-20)31-23-18(25-26-24)10-9-16(5)29-23/h9-10,13-18,20-21,23H,7-8,11-12H2,1-6H3/t13-,14-,15+,16-,17-,18-,20?,21?,23-/m1/s1. The van der Waals surface area contributed by atoms with Crippen LogP contribution >= 0.6 is 0 Å². The van der Waals surface area contributed by atoms with E-state index in [1.165, 1.54) is 0 Å². The largest absolute Gasteiger partial charge is 0.462 e. The molecule has 31 heavy (non-hydrogen) atoms. The van der Waals surface area contributed by atoms with Gasteiger partial charge in [0.25, 0.3) is 0 Å². The number of hydrogen-bond donors (Lipinski definition) is 0. The molecular formula is C23H37N3O5. The van der Waals surface area contributed by atoms with Crippen molar-refractivity contribution in [1.82, 2.24) is 0 Å². The zero-order chi connectivity index (χ0) is 23.1. The number of Topliss-reactive ketones (excluding diaryl/α,β-unsaturated/α-hetero) is 1. The van der Waals surface area contributed by atoms with E-state index >= 15 is 0 Å². The van der Waals surface area contributed by atoms with Crippen molar-refractivity contribution < 1.29 is 23.8 Å². The van der Waals surface area contributed by atoms with Gasteiger partial charge in [0.1, 0.15) is 17.9 Å². The third-order valence-corrected chi connectivity index (χ3v) is 6.53. The van der Waals surface area contributed by atoms with Crippen molar-refractivity contribution in [2.24, 2.45) is 28.8 Å². The van der Waals surface area contributed by atoms with Crippen LogP contribution in [0, 0.1) is 23.7 Å². The first-order chi connectivity index (χ1) is 14.7. The molecule has 9 atom stereocenters. The number of azide groups is 1. The highest BCUT2D eigenvalue weighted by Gasteiger charge is 2.38. The lowest BCUT2D eigenvalue weighted by Crippen LogP contribution is -2.45. The summed E-state index contributed by atoms with van der Waals surface area (Å²) in [5.74, 6) is -0.769. The van der Waals surface area contributed by atoms with Crippen LogP contribution in [0.1, 0.15) is 67.2 Å². The van der Waals surface area contributed by atoms with Gasteiger partial charge < -0.3 is 14.2 Å². The van der Waals surface area contributed by atoms with Gasteiger partial charge in [0.15, 0.2) is 6.29 Å². The fourth-order valence-electron chi connectivity index (χ4n) is 4.48. The quantitative estimate of drug-likeness (QED) is 0.203. The van der Waals surface area contributed by atoms with Gasteiger partial charge in [-0.05, 0) is 50.5 Å². The molecule has 0 N–H and O–H groups in total. The molecule has 0 aromatic rings. The van der Waals surface area contributed by atoms with E-state index in [0.717, 1.165) is 0 Å². The van der Waals surface area contributed by atoms with Gasteiger partial charge in [0.2, 0.25) is 0 Å². The van der Waals surface area contributed by atoms with Gasteiger partial charge in [0.05, 0.1) is 18.1 Å². The summed E-state index contributed by atoms with van der Waals surface area (Å²) in [5, 5.41) is 3.77. The Morgan fingerprint density at radius 2 is 1.87 bits per heavy atom. The number of esters is 1. The van der Waals surface area contributed by atoms with E-state index < -0.39 is 24.4 Å². The van der Waals surface area contributed by atoms with Crippen molar-refractivity contribution in [2.45, 2.75) is 97.9 Å². The average molecular weight is 436 g/mol. The van der Waals surface area contributed by atoms with E-state index in [9.17, 15) is 9.59 Å². The van der Waals surface area contributed by atoms with Crippen molar-refractivity contribution in [2.75, 3.05) is 0 Å². The van der Waals surface area contributed by atoms with Gasteiger partial charge in [-0.3, -0.25) is 9.59 Å². The molecular weight excluding hydrogens is 398 g/mol. The van der Waals surface area contributed by atoms with Crippen LogP contribution in [0.2, 0.25) is 0 Å². The van der Waals surface area contributed by atoms with Gasteiger partial charge in [-0.25, -0.2) is 0 Å². The van der Waals surface area contributed by atoms with Gasteiger partial charge in [-0.1, -0.05) is 45.0 Å². The Bertz CT molecular complexity index is 705. The van der Waals surface area contributed by atoms with Crippen molar-refractivity contribution >= 4 is 11.8 Å². The van der Waals surface area contributed by atoms with E-state index in [4.69, 9.17) is 19.7 Å². The second-order valence-electron chi connectivity index (χ2n) is 9.16. The predicted octanol–water partition coefficient (Wildman–Crippen LogP) is 4.97. The lowest BCUT2D eigenvalue weighted by molar-refractivity contribution is -0.216. The molecule has 0 aromatic carbocycles. The molecule has 2 unspecified atom stereocenters. The maximum Gasteiger partial charge on any atom is 0.311 e. The number of hydrogen-bond acceptors (Lipinski definition) is 6. The second kappa shape index (κ2) is 11.7. The molecule has 1 fully saturated rings. The molecule has 0 aromatic heterocycles. The molecule has 2 aliphatic heterocycles. The molecule has 0 amide bonds. The SMILES string of the molecule is CCC1OC(=O)[C@H](C)C(O[C@H]2O[C@H](C)C=C[C@H]2N=[N+]=[N-])[C@@H](C)C[C@@H](C)C(=O)CC[C@H]1C. The highest BCUT2D eigenvalue weighted by atomic mass is 16.7. The molecule has 8 nitrogen and oxygen atoms in total. The summed E-state index contributed by atoms with van der Waals surface area (Å²) >= 11 is 0. The minimum atomic E-state index is -0.807. The highest BCUT2D eigenvalue weighted by molar-refractivity contribution is 5.80. The van der Waals surface area contributed by atoms with Crippen molar-refractivity contribution in [1.29, 1.82) is 0 Å². The van der Waals surface area contributed by atoms with Crippen LogP contribution in [0.4, 0.5) is 0 Å². The maximum atomic E-state index is 13.1. The topological polar surface area (TPSA) is 111 Å². The first kappa shape index (κ1) is 25.4.